The Morgan fingerprint density at radius 1 is 0.942 bits per heavy atom. The fraction of sp³-hybridized carbons (Fsp3) is 0.500. The Hall–Kier alpha value is -4.79. The second kappa shape index (κ2) is 16.7. The van der Waals surface area contributed by atoms with E-state index in [-0.39, 0.29) is 33.7 Å². The number of carbonyl (C=O) groups excluding carboxylic acids is 5. The molecule has 0 amide bonds. The number of hydrogen-bond acceptors (Lipinski definition) is 14. The van der Waals surface area contributed by atoms with Gasteiger partial charge in [0.15, 0.2) is 5.78 Å². The maximum atomic E-state index is 13.7. The molecule has 0 saturated carbocycles. The minimum Gasteiger partial charge on any atom is -0.507 e. The lowest BCUT2D eigenvalue weighted by Crippen LogP contribution is -2.46. The Bertz CT molecular complexity index is 1720. The Kier molecular flexibility index (Phi) is 13.4. The summed E-state index contributed by atoms with van der Waals surface area (Å²) in [7, 11) is 2.69. The van der Waals surface area contributed by atoms with Crippen LogP contribution < -0.4 is 10.5 Å². The van der Waals surface area contributed by atoms with Crippen LogP contribution in [-0.4, -0.2) is 89.0 Å². The quantitative estimate of drug-likeness (QED) is 0.0878. The van der Waals surface area contributed by atoms with Crippen LogP contribution in [0.15, 0.2) is 47.9 Å². The summed E-state index contributed by atoms with van der Waals surface area (Å²) in [5.74, 6) is -8.47. The number of allylic oxidation sites excluding steroid dienone is 4. The molecule has 284 valence electrons. The third-order valence-corrected chi connectivity index (χ3v) is 9.73. The summed E-state index contributed by atoms with van der Waals surface area (Å²) in [6.45, 7) is 12.4. The van der Waals surface area contributed by atoms with E-state index < -0.39 is 88.9 Å². The van der Waals surface area contributed by atoms with E-state index in [0.717, 1.165) is 12.3 Å². The summed E-state index contributed by atoms with van der Waals surface area (Å²) in [6.07, 6.45) is 4.51. The molecule has 0 bridgehead atoms. The Labute approximate surface area is 302 Å². The number of nitrogens with two attached hydrogens (primary N) is 1. The van der Waals surface area contributed by atoms with Crippen LogP contribution in [-0.2, 0) is 28.5 Å². The molecular formula is C38H49NO13. The fourth-order valence-corrected chi connectivity index (χ4v) is 6.48. The number of aliphatic hydroxyl groups is 2. The van der Waals surface area contributed by atoms with Crippen LogP contribution in [0.5, 0.6) is 11.5 Å². The number of rotatable bonds is 15. The van der Waals surface area contributed by atoms with Gasteiger partial charge in [-0.05, 0) is 19.9 Å². The first-order chi connectivity index (χ1) is 24.2. The molecule has 9 atom stereocenters. The molecule has 1 aliphatic heterocycles. The molecule has 14 heteroatoms. The number of phenols is 1. The maximum absolute atomic E-state index is 13.7. The lowest BCUT2D eigenvalue weighted by Gasteiger charge is -2.38. The lowest BCUT2D eigenvalue weighted by atomic mass is 9.78. The zero-order valence-electron chi connectivity index (χ0n) is 31.1. The molecule has 5 N–H and O–H groups in total. The molecule has 0 radical (unpaired) electrons. The highest BCUT2D eigenvalue weighted by Gasteiger charge is 2.51. The highest BCUT2D eigenvalue weighted by atomic mass is 16.7. The van der Waals surface area contributed by atoms with Gasteiger partial charge in [-0.2, -0.15) is 0 Å². The smallest absolute Gasteiger partial charge is 0.333 e. The SMILES string of the molecule is COC(=O)/C(C)=C/C=C/C(C)C(O)C(C)C(O)C(C)C(OC(C)=O)C(C)C(/C=C/OC1(C)Oc2c(C)c(O)c3c(c2C1=O)C(=O)C=C(N)C3=O)OC. The molecule has 0 fully saturated rings. The standard InChI is InChI=1S/C38H49NO13/c1-17(12-11-13-18(2)37(47)49-10)30(42)20(4)31(43)21(5)34(51-23(7)40)19(3)26(48-9)14-15-50-38(8)36(46)29-27-25(41)16-24(39)33(45)28(27)32(44)22(6)35(29)52-38/h11-17,19-21,26,30-31,34,42-44H,39H2,1-10H3/b12-11+,15-14+,18-13+. The van der Waals surface area contributed by atoms with E-state index in [0.29, 0.717) is 5.57 Å². The number of Topliss-reactive ketones (excluding diaryl/α,β-unsaturated/α-hetero) is 2. The van der Waals surface area contributed by atoms with Crippen molar-refractivity contribution in [3.8, 4) is 11.5 Å². The highest BCUT2D eigenvalue weighted by molar-refractivity contribution is 6.30. The van der Waals surface area contributed by atoms with Crippen LogP contribution >= 0.6 is 0 Å². The summed E-state index contributed by atoms with van der Waals surface area (Å²) >= 11 is 0. The van der Waals surface area contributed by atoms with E-state index in [1.165, 1.54) is 41.1 Å². The van der Waals surface area contributed by atoms with Crippen LogP contribution in [0.25, 0.3) is 0 Å². The molecular weight excluding hydrogens is 678 g/mol. The molecule has 2 aliphatic rings. The molecule has 1 aliphatic carbocycles. The van der Waals surface area contributed by atoms with Gasteiger partial charge in [0.25, 0.3) is 5.78 Å². The number of methoxy groups -OCH3 is 2. The zero-order chi connectivity index (χ0) is 39.4. The van der Waals surface area contributed by atoms with Gasteiger partial charge in [0.1, 0.15) is 17.6 Å². The van der Waals surface area contributed by atoms with Crippen LogP contribution in [0.3, 0.4) is 0 Å². The number of fused-ring (bicyclic) bond motifs is 3. The topological polar surface area (TPSA) is 218 Å². The summed E-state index contributed by atoms with van der Waals surface area (Å²) in [5.41, 5.74) is 4.80. The van der Waals surface area contributed by atoms with Crippen molar-refractivity contribution in [3.05, 3.63) is 70.2 Å². The molecule has 9 unspecified atom stereocenters. The summed E-state index contributed by atoms with van der Waals surface area (Å²) in [6, 6.07) is 0. The third-order valence-electron chi connectivity index (χ3n) is 9.73. The summed E-state index contributed by atoms with van der Waals surface area (Å²) in [5, 5.41) is 33.2. The Balaban J connectivity index is 1.80. The first kappa shape index (κ1) is 41.6. The number of aliphatic hydroxyl groups excluding tert-OH is 2. The molecule has 3 rings (SSSR count). The van der Waals surface area contributed by atoms with Crippen LogP contribution in [0, 0.1) is 30.6 Å². The molecule has 0 spiro atoms. The molecule has 1 aromatic carbocycles. The predicted octanol–water partition coefficient (Wildman–Crippen LogP) is 3.63. The van der Waals surface area contributed by atoms with Gasteiger partial charge in [-0.3, -0.25) is 19.2 Å². The Morgan fingerprint density at radius 3 is 2.15 bits per heavy atom. The number of ether oxygens (including phenoxy) is 5. The molecule has 0 aromatic heterocycles. The third kappa shape index (κ3) is 8.30. The van der Waals surface area contributed by atoms with Crippen LogP contribution in [0.1, 0.15) is 85.1 Å². The molecule has 1 heterocycles. The number of hydrogen-bond donors (Lipinski definition) is 4. The minimum atomic E-state index is -2.01. The summed E-state index contributed by atoms with van der Waals surface area (Å²) in [4.78, 5) is 63.2. The molecule has 1 aromatic rings. The zero-order valence-corrected chi connectivity index (χ0v) is 31.1. The largest absolute Gasteiger partial charge is 0.507 e. The van der Waals surface area contributed by atoms with Crippen molar-refractivity contribution in [3.63, 3.8) is 0 Å². The molecule has 52 heavy (non-hydrogen) atoms. The van der Waals surface area contributed by atoms with Crippen molar-refractivity contribution in [2.45, 2.75) is 85.6 Å². The monoisotopic (exact) mass is 727 g/mol. The van der Waals surface area contributed by atoms with Crippen molar-refractivity contribution in [1.82, 2.24) is 0 Å². The summed E-state index contributed by atoms with van der Waals surface area (Å²) < 4.78 is 27.7. The van der Waals surface area contributed by atoms with E-state index in [1.54, 1.807) is 52.8 Å². The number of phenolic OH excluding ortho intramolecular Hbond substituents is 1. The molecule has 14 nitrogen and oxygen atoms in total. The van der Waals surface area contributed by atoms with Gasteiger partial charge >= 0.3 is 17.7 Å². The fourth-order valence-electron chi connectivity index (χ4n) is 6.48. The van der Waals surface area contributed by atoms with Crippen LogP contribution in [0.4, 0.5) is 0 Å². The van der Waals surface area contributed by atoms with Gasteiger partial charge in [0.2, 0.25) is 5.78 Å². The van der Waals surface area contributed by atoms with Gasteiger partial charge in [-0.1, -0.05) is 45.9 Å². The molecule has 0 saturated heterocycles. The average molecular weight is 728 g/mol. The second-order valence-corrected chi connectivity index (χ2v) is 13.5. The van der Waals surface area contributed by atoms with Gasteiger partial charge in [0, 0.05) is 61.8 Å². The van der Waals surface area contributed by atoms with Gasteiger partial charge in [0.05, 0.1) is 54.1 Å². The van der Waals surface area contributed by atoms with E-state index >= 15 is 0 Å². The lowest BCUT2D eigenvalue weighted by molar-refractivity contribution is -0.160. The van der Waals surface area contributed by atoms with Crippen molar-refractivity contribution >= 4 is 29.3 Å². The van der Waals surface area contributed by atoms with Crippen molar-refractivity contribution in [2.75, 3.05) is 14.2 Å². The normalized spacial score (nSPS) is 22.0. The number of esters is 2. The van der Waals surface area contributed by atoms with Crippen LogP contribution in [0.2, 0.25) is 0 Å². The average Bonchev–Trinajstić information content (AvgIpc) is 3.36. The number of ketones is 3. The van der Waals surface area contributed by atoms with Crippen molar-refractivity contribution < 1.29 is 63.0 Å². The predicted molar refractivity (Wildman–Crippen MR) is 187 cm³/mol. The van der Waals surface area contributed by atoms with E-state index in [1.807, 2.05) is 0 Å². The number of aromatic hydroxyl groups is 1. The highest BCUT2D eigenvalue weighted by Crippen LogP contribution is 2.47. The van der Waals surface area contributed by atoms with Gasteiger partial charge in [-0.25, -0.2) is 4.79 Å². The van der Waals surface area contributed by atoms with E-state index in [2.05, 4.69) is 4.74 Å². The van der Waals surface area contributed by atoms with Crippen molar-refractivity contribution in [1.29, 1.82) is 0 Å². The first-order valence-electron chi connectivity index (χ1n) is 16.8. The Morgan fingerprint density at radius 2 is 1.58 bits per heavy atom. The minimum absolute atomic E-state index is 0.0460. The number of benzene rings is 1. The van der Waals surface area contributed by atoms with Gasteiger partial charge in [-0.15, -0.1) is 0 Å². The second-order valence-electron chi connectivity index (χ2n) is 13.5. The van der Waals surface area contributed by atoms with Crippen molar-refractivity contribution in [2.24, 2.45) is 29.4 Å². The van der Waals surface area contributed by atoms with E-state index in [4.69, 9.17) is 24.7 Å². The number of carbonyl (C=O) groups is 5. The van der Waals surface area contributed by atoms with E-state index in [9.17, 15) is 39.3 Å². The van der Waals surface area contributed by atoms with Gasteiger partial charge < -0.3 is 44.7 Å². The maximum Gasteiger partial charge on any atom is 0.333 e. The first-order valence-corrected chi connectivity index (χ1v) is 16.8.